The second-order valence-corrected chi connectivity index (χ2v) is 27.1. The highest BCUT2D eigenvalue weighted by Crippen LogP contribution is 2.09. The Balaban J connectivity index is 7.54. The van der Waals surface area contributed by atoms with Gasteiger partial charge in [0.15, 0.2) is 0 Å². The Morgan fingerprint density at radius 1 is 0.218 bits per heavy atom. The summed E-state index contributed by atoms with van der Waals surface area (Å²) in [6, 6.07) is 0. The number of Topliss-reactive ketones (excluding diaryl/α,β-unsaturated/α-hetero) is 1. The summed E-state index contributed by atoms with van der Waals surface area (Å²) >= 11 is 0. The largest absolute Gasteiger partial charge is 0.394 e. The predicted octanol–water partition coefficient (Wildman–Crippen LogP) is -11.9. The number of nitrogens with zero attached hydrogens (tertiary/aromatic N) is 11. The molecule has 0 radical (unpaired) electrons. The predicted molar refractivity (Wildman–Crippen MR) is 447 cm³/mol. The number of nitrogens with one attached hydrogen (secondary N) is 1. The molecule has 48 heteroatoms. The average Bonchev–Trinajstić information content (AvgIpc) is 0.877. The van der Waals surface area contributed by atoms with E-state index >= 15 is 0 Å². The Hall–Kier alpha value is -7.16. The zero-order chi connectivity index (χ0) is 92.0. The average molecular weight is 1790 g/mol. The summed E-state index contributed by atoms with van der Waals surface area (Å²) in [5.74, 6) is -8.59. The number of ether oxygens (including phenoxy) is 15. The fraction of sp³-hybridized carbons (Fsp3) is 0.842. The number of aliphatic hydroxyl groups excluding tert-OH is 3. The lowest BCUT2D eigenvalue weighted by Crippen LogP contribution is -2.54. The lowest BCUT2D eigenvalue weighted by atomic mass is 10.3. The summed E-state index contributed by atoms with van der Waals surface area (Å²) in [4.78, 5) is 184. The van der Waals surface area contributed by atoms with E-state index < -0.39 is 130 Å². The van der Waals surface area contributed by atoms with Crippen LogP contribution in [0.25, 0.3) is 0 Å². The van der Waals surface area contributed by atoms with E-state index in [1.807, 2.05) is 0 Å². The van der Waals surface area contributed by atoms with Gasteiger partial charge < -0.3 is 180 Å². The number of rotatable bonds is 87. The molecule has 11 amide bonds. The van der Waals surface area contributed by atoms with Gasteiger partial charge in [0.25, 0.3) is 0 Å². The maximum absolute atomic E-state index is 14.9. The van der Waals surface area contributed by atoms with Crippen LogP contribution in [0.2, 0.25) is 0 Å². The molecular formula is C76H148N18O30. The van der Waals surface area contributed by atoms with Crippen molar-refractivity contribution in [1.29, 1.82) is 0 Å². The van der Waals surface area contributed by atoms with Crippen LogP contribution >= 0.6 is 0 Å². The Bertz CT molecular complexity index is 2830. The number of ketones is 1. The quantitative estimate of drug-likeness (QED) is 0.0253. The number of methoxy groups -OCH3 is 3. The molecule has 0 aliphatic rings. The molecule has 16 N–H and O–H groups in total. The normalized spacial score (nSPS) is 11.2. The first-order chi connectivity index (χ1) is 60.0. The van der Waals surface area contributed by atoms with E-state index in [1.54, 1.807) is 7.11 Å². The van der Waals surface area contributed by atoms with Gasteiger partial charge in [0.1, 0.15) is 5.78 Å². The Morgan fingerprint density at radius 3 is 0.548 bits per heavy atom. The number of carbonyl (C=O) groups excluding carboxylic acids is 12. The summed E-state index contributed by atoms with van der Waals surface area (Å²) in [7, 11) is 4.56. The molecule has 0 saturated heterocycles. The van der Waals surface area contributed by atoms with E-state index in [9.17, 15) is 67.7 Å². The number of hydrogen-bond donors (Lipinski definition) is 10. The summed E-state index contributed by atoms with van der Waals surface area (Å²) < 4.78 is 81.7. The Morgan fingerprint density at radius 2 is 0.379 bits per heavy atom. The van der Waals surface area contributed by atoms with Gasteiger partial charge in [-0.1, -0.05) is 0 Å². The SMILES string of the molecule is COCCOCCOCCN(CC(=O)N(CCN)CC(=O)N(CCOCCOCCOC)CC(=O)N(CCN)CC(=O)N(CCOCCOCCOC)CC(=O)N(CCN)CC(=O)N(CCOCCOCCO)CC(=O)N(CCN)CC(=O)N(CCOCCOCCO)CC(=O)N(CCN)CC(=O)N(CCOCCOCCO)CC(C)=O)C(=O)CNCCN. The number of amides is 11. The highest BCUT2D eigenvalue weighted by molar-refractivity contribution is 5.95. The van der Waals surface area contributed by atoms with E-state index in [0.29, 0.717) is 33.0 Å². The van der Waals surface area contributed by atoms with E-state index in [1.165, 1.54) is 30.9 Å². The molecule has 0 heterocycles. The van der Waals surface area contributed by atoms with E-state index in [-0.39, 0.29) is 302 Å². The van der Waals surface area contributed by atoms with Crippen molar-refractivity contribution in [1.82, 2.24) is 59.2 Å². The van der Waals surface area contributed by atoms with Gasteiger partial charge in [-0.3, -0.25) is 57.5 Å². The van der Waals surface area contributed by atoms with Gasteiger partial charge in [0.2, 0.25) is 65.0 Å². The second kappa shape index (κ2) is 80.4. The van der Waals surface area contributed by atoms with Gasteiger partial charge >= 0.3 is 0 Å². The fourth-order valence-electron chi connectivity index (χ4n) is 10.9. The fourth-order valence-corrected chi connectivity index (χ4v) is 10.9. The molecule has 48 nitrogen and oxygen atoms in total. The highest BCUT2D eigenvalue weighted by atomic mass is 16.6. The topological polar surface area (TPSA) is 608 Å². The molecule has 0 fully saturated rings. The Labute approximate surface area is 728 Å². The van der Waals surface area contributed by atoms with Crippen molar-refractivity contribution in [2.75, 3.05) is 416 Å². The molecule has 0 aliphatic heterocycles. The number of nitrogens with two attached hydrogens (primary N) is 6. The summed E-state index contributed by atoms with van der Waals surface area (Å²) in [6.45, 7) is -6.84. The van der Waals surface area contributed by atoms with Crippen LogP contribution < -0.4 is 39.7 Å². The standard InChI is InChI=1S/C76H148N18O30/c1-65(98)54-89(17-26-113-41-47-119-32-23-95)72(105)55-84(12-6-78)68(101)61-91(19-28-115-42-48-120-33-24-96)74(107)57-86(14-8-80)69(102)62-92(20-29-116-43-49-121-34-25-97)75(108)58-87(15-9-81)71(104)64-94(22-31-118-46-52-124-40-37-112-4)76(109)59-88(16-10-82)70(103)63-93(21-30-117-45-51-123-39-36-111-3)73(106)56-85(13-7-79)67(100)60-90(66(99)53-83-11-5-77)18-27-114-44-50-122-38-35-110-2/h83,95-97H,5-64,77-82H2,1-4H3. The molecule has 0 saturated carbocycles. The van der Waals surface area contributed by atoms with Crippen LogP contribution in [0.5, 0.6) is 0 Å². The molecule has 0 spiro atoms. The van der Waals surface area contributed by atoms with Crippen LogP contribution in [0.4, 0.5) is 0 Å². The third-order valence-corrected chi connectivity index (χ3v) is 17.4. The van der Waals surface area contributed by atoms with Crippen molar-refractivity contribution < 1.29 is 144 Å². The maximum atomic E-state index is 14.9. The van der Waals surface area contributed by atoms with Crippen molar-refractivity contribution in [2.45, 2.75) is 6.92 Å². The van der Waals surface area contributed by atoms with E-state index in [2.05, 4.69) is 5.32 Å². The van der Waals surface area contributed by atoms with Crippen LogP contribution in [-0.4, -0.2) is 556 Å². The molecule has 0 atom stereocenters. The monoisotopic (exact) mass is 1790 g/mol. The van der Waals surface area contributed by atoms with Gasteiger partial charge in [0.05, 0.1) is 277 Å². The first kappa shape index (κ1) is 117. The van der Waals surface area contributed by atoms with Crippen molar-refractivity contribution in [2.24, 2.45) is 34.4 Å². The van der Waals surface area contributed by atoms with Crippen molar-refractivity contribution in [3.63, 3.8) is 0 Å². The van der Waals surface area contributed by atoms with Crippen molar-refractivity contribution >= 4 is 70.8 Å². The first-order valence-electron chi connectivity index (χ1n) is 41.7. The Kier molecular flexibility index (Phi) is 75.8. The maximum Gasteiger partial charge on any atom is 0.242 e. The third-order valence-electron chi connectivity index (χ3n) is 17.4. The summed E-state index contributed by atoms with van der Waals surface area (Å²) in [5.41, 5.74) is 35.9. The van der Waals surface area contributed by atoms with Crippen molar-refractivity contribution in [3.8, 4) is 0 Å². The number of aliphatic hydroxyl groups is 3. The van der Waals surface area contributed by atoms with Crippen LogP contribution in [0.1, 0.15) is 6.92 Å². The lowest BCUT2D eigenvalue weighted by Gasteiger charge is -2.33. The molecule has 0 aromatic carbocycles. The van der Waals surface area contributed by atoms with Gasteiger partial charge in [-0.15, -0.1) is 0 Å². The third kappa shape index (κ3) is 59.7. The zero-order valence-electron chi connectivity index (χ0n) is 73.7. The molecule has 124 heavy (non-hydrogen) atoms. The van der Waals surface area contributed by atoms with Gasteiger partial charge in [0, 0.05) is 139 Å². The molecule has 0 unspecified atom stereocenters. The van der Waals surface area contributed by atoms with Gasteiger partial charge in [-0.2, -0.15) is 0 Å². The van der Waals surface area contributed by atoms with Crippen LogP contribution in [0, 0.1) is 0 Å². The molecule has 0 aromatic rings. The lowest BCUT2D eigenvalue weighted by molar-refractivity contribution is -0.149. The molecule has 722 valence electrons. The minimum absolute atomic E-state index is 0.00217. The molecule has 0 bridgehead atoms. The molecule has 0 aliphatic carbocycles. The minimum Gasteiger partial charge on any atom is -0.394 e. The van der Waals surface area contributed by atoms with Crippen LogP contribution in [0.15, 0.2) is 0 Å². The molecular weight excluding hydrogens is 1640 g/mol. The number of carbonyl (C=O) groups is 12. The van der Waals surface area contributed by atoms with Gasteiger partial charge in [-0.25, -0.2) is 0 Å². The second-order valence-electron chi connectivity index (χ2n) is 27.1. The summed E-state index contributed by atoms with van der Waals surface area (Å²) in [5, 5.41) is 30.4. The highest BCUT2D eigenvalue weighted by Gasteiger charge is 2.33. The number of hydrogen-bond acceptors (Lipinski definition) is 37. The van der Waals surface area contributed by atoms with Crippen LogP contribution in [-0.2, 0) is 129 Å². The molecule has 0 aromatic heterocycles. The minimum atomic E-state index is -0.847. The smallest absolute Gasteiger partial charge is 0.242 e. The van der Waals surface area contributed by atoms with Gasteiger partial charge in [-0.05, 0) is 6.92 Å². The molecule has 0 rings (SSSR count). The van der Waals surface area contributed by atoms with E-state index in [0.717, 1.165) is 44.1 Å². The zero-order valence-corrected chi connectivity index (χ0v) is 73.7. The van der Waals surface area contributed by atoms with Crippen molar-refractivity contribution in [3.05, 3.63) is 0 Å². The first-order valence-corrected chi connectivity index (χ1v) is 41.7. The van der Waals surface area contributed by atoms with E-state index in [4.69, 9.17) is 111 Å². The summed E-state index contributed by atoms with van der Waals surface area (Å²) in [6.07, 6.45) is 0. The van der Waals surface area contributed by atoms with Crippen LogP contribution in [0.3, 0.4) is 0 Å².